The Kier molecular flexibility index (Phi) is 8.18. The topological polar surface area (TPSA) is 130 Å². The van der Waals surface area contributed by atoms with E-state index in [2.05, 4.69) is 20.3 Å². The molecule has 212 valence electrons. The van der Waals surface area contributed by atoms with Crippen molar-refractivity contribution in [2.45, 2.75) is 25.1 Å². The van der Waals surface area contributed by atoms with Gasteiger partial charge >= 0.3 is 12.2 Å². The highest BCUT2D eigenvalue weighted by Crippen LogP contribution is 2.37. The lowest BCUT2D eigenvalue weighted by molar-refractivity contribution is -0.137. The maximum Gasteiger partial charge on any atom is 0.417 e. The summed E-state index contributed by atoms with van der Waals surface area (Å²) in [5.41, 5.74) is 1.14. The number of sulfonamides is 1. The molecule has 0 bridgehead atoms. The second-order valence-corrected chi connectivity index (χ2v) is 10.8. The number of benzene rings is 2. The summed E-state index contributed by atoms with van der Waals surface area (Å²) in [5, 5.41) is 4.90. The van der Waals surface area contributed by atoms with Crippen molar-refractivity contribution in [1.29, 1.82) is 0 Å². The fourth-order valence-corrected chi connectivity index (χ4v) is 4.86. The average Bonchev–Trinajstić information content (AvgIpc) is 2.89. The van der Waals surface area contributed by atoms with Crippen LogP contribution in [0.3, 0.4) is 0 Å². The summed E-state index contributed by atoms with van der Waals surface area (Å²) in [6, 6.07) is 12.1. The lowest BCUT2D eigenvalue weighted by Gasteiger charge is -2.33. The van der Waals surface area contributed by atoms with Crippen LogP contribution in [0.4, 0.5) is 35.2 Å². The number of nitrogens with zero attached hydrogens (tertiary/aromatic N) is 2. The molecular weight excluding hydrogens is 551 g/mol. The van der Waals surface area contributed by atoms with E-state index in [4.69, 9.17) is 4.74 Å². The molecule has 1 aliphatic rings. The number of aromatic nitrogens is 1. The molecule has 1 aromatic heterocycles. The van der Waals surface area contributed by atoms with Gasteiger partial charge in [0.15, 0.2) is 0 Å². The number of para-hydroxylation sites is 1. The first kappa shape index (κ1) is 28.7. The van der Waals surface area contributed by atoms with E-state index in [0.29, 0.717) is 53.8 Å². The van der Waals surface area contributed by atoms with Gasteiger partial charge in [-0.15, -0.1) is 0 Å². The number of hydrogen-bond acceptors (Lipinski definition) is 6. The van der Waals surface area contributed by atoms with Gasteiger partial charge in [0.05, 0.1) is 30.3 Å². The maximum atomic E-state index is 13.3. The number of halogens is 3. The van der Waals surface area contributed by atoms with E-state index in [1.807, 2.05) is 0 Å². The zero-order chi connectivity index (χ0) is 29.1. The highest BCUT2D eigenvalue weighted by molar-refractivity contribution is 7.92. The number of rotatable bonds is 7. The van der Waals surface area contributed by atoms with Crippen LogP contribution in [-0.4, -0.2) is 51.3 Å². The van der Waals surface area contributed by atoms with Gasteiger partial charge in [0.25, 0.3) is 0 Å². The number of anilines is 3. The Bertz CT molecular complexity index is 1510. The van der Waals surface area contributed by atoms with Gasteiger partial charge in [-0.2, -0.15) is 13.2 Å². The van der Waals surface area contributed by atoms with E-state index in [-0.39, 0.29) is 5.82 Å². The second kappa shape index (κ2) is 11.4. The van der Waals surface area contributed by atoms with Gasteiger partial charge in [-0.1, -0.05) is 24.3 Å². The quantitative estimate of drug-likeness (QED) is 0.380. The van der Waals surface area contributed by atoms with E-state index < -0.39 is 39.7 Å². The van der Waals surface area contributed by atoms with Crippen molar-refractivity contribution in [3.8, 4) is 16.9 Å². The van der Waals surface area contributed by atoms with E-state index in [9.17, 15) is 31.2 Å². The maximum absolute atomic E-state index is 13.3. The summed E-state index contributed by atoms with van der Waals surface area (Å²) in [7, 11) is -2.08. The fourth-order valence-electron chi connectivity index (χ4n) is 4.29. The van der Waals surface area contributed by atoms with Crippen LogP contribution in [0.25, 0.3) is 11.1 Å². The molecule has 2 aromatic carbocycles. The van der Waals surface area contributed by atoms with Gasteiger partial charge in [-0.25, -0.2) is 18.2 Å². The summed E-state index contributed by atoms with van der Waals surface area (Å²) in [4.78, 5) is 30.9. The molecule has 1 atom stereocenters. The minimum Gasteiger partial charge on any atom is -0.495 e. The third kappa shape index (κ3) is 6.81. The summed E-state index contributed by atoms with van der Waals surface area (Å²) < 4.78 is 69.9. The lowest BCUT2D eigenvalue weighted by atomic mass is 10.0. The van der Waals surface area contributed by atoms with Gasteiger partial charge in [0.1, 0.15) is 17.6 Å². The molecule has 0 aliphatic carbocycles. The molecule has 14 heteroatoms. The Morgan fingerprint density at radius 3 is 2.52 bits per heavy atom. The van der Waals surface area contributed by atoms with Gasteiger partial charge in [-0.05, 0) is 48.7 Å². The number of urea groups is 1. The highest BCUT2D eigenvalue weighted by Gasteiger charge is 2.33. The van der Waals surface area contributed by atoms with Gasteiger partial charge < -0.3 is 15.0 Å². The second-order valence-electron chi connectivity index (χ2n) is 9.02. The van der Waals surface area contributed by atoms with Crippen LogP contribution in [0.1, 0.15) is 18.4 Å². The minimum atomic E-state index is -4.55. The summed E-state index contributed by atoms with van der Waals surface area (Å²) in [6.45, 7) is 0.362. The van der Waals surface area contributed by atoms with Crippen molar-refractivity contribution >= 4 is 39.2 Å². The summed E-state index contributed by atoms with van der Waals surface area (Å²) >= 11 is 0. The van der Waals surface area contributed by atoms with Crippen LogP contribution in [-0.2, 0) is 21.0 Å². The molecule has 2 heterocycles. The zero-order valence-corrected chi connectivity index (χ0v) is 22.3. The molecular formula is C26H26F3N5O5S. The summed E-state index contributed by atoms with van der Waals surface area (Å²) in [6.07, 6.45) is -1.98. The molecule has 1 fully saturated rings. The van der Waals surface area contributed by atoms with E-state index in [1.165, 1.54) is 12.0 Å². The van der Waals surface area contributed by atoms with Gasteiger partial charge in [0, 0.05) is 18.3 Å². The number of amides is 3. The molecule has 0 radical (unpaired) electrons. The molecule has 0 spiro atoms. The van der Waals surface area contributed by atoms with Crippen LogP contribution in [0.5, 0.6) is 5.75 Å². The number of carbonyl (C=O) groups excluding carboxylic acids is 2. The number of carbonyl (C=O) groups is 2. The Morgan fingerprint density at radius 1 is 1.12 bits per heavy atom. The third-order valence-electron chi connectivity index (χ3n) is 6.08. The van der Waals surface area contributed by atoms with E-state index >= 15 is 0 Å². The lowest BCUT2D eigenvalue weighted by Crippen LogP contribution is -2.53. The first-order valence-electron chi connectivity index (χ1n) is 12.0. The van der Waals surface area contributed by atoms with Crippen molar-refractivity contribution in [1.82, 2.24) is 10.3 Å². The first-order chi connectivity index (χ1) is 18.9. The predicted molar refractivity (Wildman–Crippen MR) is 144 cm³/mol. The van der Waals surface area contributed by atoms with Gasteiger partial charge in [0.2, 0.25) is 15.9 Å². The standard InChI is InChI=1S/C26H26F3N5O5S/c1-39-22-14-16(18-6-3-4-7-19(18)33-40(2,37)38)9-11-21(22)34-13-5-8-20(24(34)35)31-25(36)32-23-12-10-17(15-30-23)26(27,28)29/h3-4,6-7,9-12,14-15,20,33H,5,8,13H2,1-2H3,(H2,30,31,32,36)/t20-/m1/s1. The molecule has 3 aromatic rings. The van der Waals surface area contributed by atoms with Crippen molar-refractivity contribution in [2.24, 2.45) is 0 Å². The SMILES string of the molecule is COc1cc(-c2ccccc2NS(C)(=O)=O)ccc1N1CCC[C@@H](NC(=O)Nc2ccc(C(F)(F)F)cn2)C1=O. The first-order valence-corrected chi connectivity index (χ1v) is 13.9. The molecule has 10 nitrogen and oxygen atoms in total. The van der Waals surface area contributed by atoms with Crippen LogP contribution in [0.15, 0.2) is 60.8 Å². The minimum absolute atomic E-state index is 0.103. The Morgan fingerprint density at radius 2 is 1.88 bits per heavy atom. The Hall–Kier alpha value is -4.33. The van der Waals surface area contributed by atoms with Crippen molar-refractivity contribution < 1.29 is 35.9 Å². The molecule has 3 amide bonds. The molecule has 3 N–H and O–H groups in total. The van der Waals surface area contributed by atoms with Crippen LogP contribution in [0, 0.1) is 0 Å². The molecule has 1 saturated heterocycles. The third-order valence-corrected chi connectivity index (χ3v) is 6.67. The fraction of sp³-hybridized carbons (Fsp3) is 0.269. The number of hydrogen-bond donors (Lipinski definition) is 3. The predicted octanol–water partition coefficient (Wildman–Crippen LogP) is 4.46. The zero-order valence-electron chi connectivity index (χ0n) is 21.4. The molecule has 0 saturated carbocycles. The van der Waals surface area contributed by atoms with E-state index in [1.54, 1.807) is 42.5 Å². The largest absolute Gasteiger partial charge is 0.495 e. The van der Waals surface area contributed by atoms with Crippen LogP contribution in [0.2, 0.25) is 0 Å². The van der Waals surface area contributed by atoms with Crippen molar-refractivity contribution in [2.75, 3.05) is 34.8 Å². The Labute approximate surface area is 228 Å². The van der Waals surface area contributed by atoms with Gasteiger partial charge in [-0.3, -0.25) is 14.8 Å². The highest BCUT2D eigenvalue weighted by atomic mass is 32.2. The molecule has 0 unspecified atom stereocenters. The number of methoxy groups -OCH3 is 1. The van der Waals surface area contributed by atoms with Crippen molar-refractivity contribution in [3.63, 3.8) is 0 Å². The smallest absolute Gasteiger partial charge is 0.417 e. The molecule has 1 aliphatic heterocycles. The number of piperidine rings is 1. The monoisotopic (exact) mass is 577 g/mol. The number of ether oxygens (including phenoxy) is 1. The van der Waals surface area contributed by atoms with Crippen molar-refractivity contribution in [3.05, 3.63) is 66.4 Å². The van der Waals surface area contributed by atoms with Crippen LogP contribution >= 0.6 is 0 Å². The Balaban J connectivity index is 1.50. The average molecular weight is 578 g/mol. The summed E-state index contributed by atoms with van der Waals surface area (Å²) in [5.74, 6) is -0.139. The number of nitrogens with one attached hydrogen (secondary N) is 3. The number of pyridine rings is 1. The number of alkyl halides is 3. The molecule has 40 heavy (non-hydrogen) atoms. The van der Waals surface area contributed by atoms with E-state index in [0.717, 1.165) is 18.4 Å². The normalized spacial score (nSPS) is 15.9. The van der Waals surface area contributed by atoms with Crippen LogP contribution < -0.4 is 25.0 Å². The molecule has 4 rings (SSSR count).